The Kier molecular flexibility index (Phi) is 7.88. The molecule has 0 fully saturated rings. The average Bonchev–Trinajstić information content (AvgIpc) is 3.40. The maximum atomic E-state index is 13.3. The largest absolute Gasteiger partial charge is 0.497 e. The van der Waals surface area contributed by atoms with Crippen LogP contribution in [0.5, 0.6) is 5.75 Å². The second kappa shape index (κ2) is 11.5. The number of carbonyl (C=O) groups is 2. The highest BCUT2D eigenvalue weighted by Crippen LogP contribution is 2.47. The summed E-state index contributed by atoms with van der Waals surface area (Å²) in [5, 5.41) is 22.5. The minimum absolute atomic E-state index is 0.0147. The summed E-state index contributed by atoms with van der Waals surface area (Å²) in [5.74, 6) is 0.209. The molecule has 1 atom stereocenters. The van der Waals surface area contributed by atoms with Gasteiger partial charge in [0, 0.05) is 28.4 Å². The molecule has 0 saturated heterocycles. The van der Waals surface area contributed by atoms with Crippen LogP contribution in [0.1, 0.15) is 30.7 Å². The fraction of sp³-hybridized carbons (Fsp3) is 0.222. The number of hydrogen-bond donors (Lipinski definition) is 2. The summed E-state index contributed by atoms with van der Waals surface area (Å²) in [6, 6.07) is 16.5. The molecule has 3 N–H and O–H groups in total. The number of methoxy groups -OCH3 is 1. The van der Waals surface area contributed by atoms with E-state index in [4.69, 9.17) is 22.1 Å². The molecule has 198 valence electrons. The number of Topliss-reactive ketones (excluding diaryl/α,β-unsaturated/α-hetero) is 1. The van der Waals surface area contributed by atoms with Crippen molar-refractivity contribution in [1.29, 1.82) is 5.26 Å². The van der Waals surface area contributed by atoms with Gasteiger partial charge in [-0.3, -0.25) is 14.5 Å². The van der Waals surface area contributed by atoms with Crippen molar-refractivity contribution in [2.24, 2.45) is 5.73 Å². The standard InChI is InChI=1S/C27H23ClN6O3S2/c1-37-18-10-8-15(9-11-18)23-19(13-29)25(30)34(20-6-3-7-21(35)24(20)23)26-32-33-27(39-26)38-14-22(36)31-17-5-2-4-16(28)12-17/h2,4-5,8-12,23H,3,6-7,14,30H2,1H3,(H,31,36). The van der Waals surface area contributed by atoms with Crippen LogP contribution in [-0.4, -0.2) is 34.8 Å². The number of hydrogen-bond acceptors (Lipinski definition) is 10. The van der Waals surface area contributed by atoms with E-state index in [9.17, 15) is 14.9 Å². The molecule has 1 aromatic heterocycles. The Morgan fingerprint density at radius 3 is 2.79 bits per heavy atom. The zero-order valence-electron chi connectivity index (χ0n) is 20.8. The number of halogens is 1. The molecule has 0 bridgehead atoms. The van der Waals surface area contributed by atoms with E-state index in [1.807, 2.05) is 12.1 Å². The molecule has 12 heteroatoms. The lowest BCUT2D eigenvalue weighted by molar-refractivity contribution is -0.116. The number of nitrogens with two attached hydrogens (primary N) is 1. The monoisotopic (exact) mass is 578 g/mol. The van der Waals surface area contributed by atoms with Crippen LogP contribution in [0.25, 0.3) is 0 Å². The third-order valence-corrected chi connectivity index (χ3v) is 8.66. The molecule has 1 aliphatic heterocycles. The molecule has 9 nitrogen and oxygen atoms in total. The fourth-order valence-corrected chi connectivity index (χ4v) is 6.55. The Morgan fingerprint density at radius 2 is 2.08 bits per heavy atom. The van der Waals surface area contributed by atoms with Gasteiger partial charge in [-0.05, 0) is 48.7 Å². The van der Waals surface area contributed by atoms with Crippen molar-refractivity contribution in [1.82, 2.24) is 10.2 Å². The van der Waals surface area contributed by atoms with Crippen molar-refractivity contribution >= 4 is 57.2 Å². The van der Waals surface area contributed by atoms with Gasteiger partial charge in [0.05, 0.1) is 30.4 Å². The van der Waals surface area contributed by atoms with E-state index in [1.165, 1.54) is 23.1 Å². The summed E-state index contributed by atoms with van der Waals surface area (Å²) in [6.07, 6.45) is 1.68. The molecule has 2 heterocycles. The van der Waals surface area contributed by atoms with Gasteiger partial charge in [0.15, 0.2) is 10.1 Å². The number of nitrogens with one attached hydrogen (secondary N) is 1. The number of benzene rings is 2. The Balaban J connectivity index is 1.42. The third kappa shape index (κ3) is 5.49. The average molecular weight is 579 g/mol. The number of ether oxygens (including phenoxy) is 1. The summed E-state index contributed by atoms with van der Waals surface area (Å²) in [5.41, 5.74) is 9.56. The van der Waals surface area contributed by atoms with E-state index >= 15 is 0 Å². The lowest BCUT2D eigenvalue weighted by Crippen LogP contribution is -2.38. The van der Waals surface area contributed by atoms with Crippen LogP contribution in [0.3, 0.4) is 0 Å². The molecule has 5 rings (SSSR count). The van der Waals surface area contributed by atoms with Crippen LogP contribution in [0.4, 0.5) is 10.8 Å². The first-order valence-corrected chi connectivity index (χ1v) is 14.2. The summed E-state index contributed by atoms with van der Waals surface area (Å²) >= 11 is 8.46. The Morgan fingerprint density at radius 1 is 1.28 bits per heavy atom. The second-order valence-electron chi connectivity index (χ2n) is 8.79. The first-order chi connectivity index (χ1) is 18.9. The van der Waals surface area contributed by atoms with Crippen molar-refractivity contribution in [3.63, 3.8) is 0 Å². The van der Waals surface area contributed by atoms with Crippen LogP contribution < -0.4 is 20.7 Å². The Labute approximate surface area is 238 Å². The number of ketones is 1. The maximum Gasteiger partial charge on any atom is 0.234 e. The van der Waals surface area contributed by atoms with Gasteiger partial charge in [0.1, 0.15) is 11.6 Å². The number of nitrogens with zero attached hydrogens (tertiary/aromatic N) is 4. The lowest BCUT2D eigenvalue weighted by atomic mass is 9.76. The highest BCUT2D eigenvalue weighted by molar-refractivity contribution is 8.01. The third-order valence-electron chi connectivity index (χ3n) is 6.38. The number of allylic oxidation sites excluding steroid dienone is 3. The number of carbonyl (C=O) groups excluding carboxylic acids is 2. The molecular weight excluding hydrogens is 556 g/mol. The Bertz CT molecular complexity index is 1540. The van der Waals surface area contributed by atoms with E-state index < -0.39 is 5.92 Å². The maximum absolute atomic E-state index is 13.3. The molecule has 0 saturated carbocycles. The predicted molar refractivity (Wildman–Crippen MR) is 152 cm³/mol. The summed E-state index contributed by atoms with van der Waals surface area (Å²) in [7, 11) is 1.58. The predicted octanol–water partition coefficient (Wildman–Crippen LogP) is 5.24. The van der Waals surface area contributed by atoms with E-state index in [1.54, 1.807) is 48.4 Å². The Hall–Kier alpha value is -3.85. The molecule has 0 radical (unpaired) electrons. The quantitative estimate of drug-likeness (QED) is 0.361. The molecule has 3 aromatic rings. The number of aromatic nitrogens is 2. The van der Waals surface area contributed by atoms with Crippen LogP contribution in [0, 0.1) is 11.3 Å². The van der Waals surface area contributed by atoms with Crippen molar-refractivity contribution in [2.45, 2.75) is 29.5 Å². The molecule has 2 aliphatic rings. The van der Waals surface area contributed by atoms with E-state index in [0.29, 0.717) is 50.8 Å². The number of amides is 1. The molecule has 1 amide bonds. The van der Waals surface area contributed by atoms with E-state index in [2.05, 4.69) is 21.6 Å². The normalized spacial score (nSPS) is 17.1. The first-order valence-electron chi connectivity index (χ1n) is 12.0. The van der Waals surface area contributed by atoms with Crippen LogP contribution >= 0.6 is 34.7 Å². The van der Waals surface area contributed by atoms with Gasteiger partial charge >= 0.3 is 0 Å². The van der Waals surface area contributed by atoms with Crippen LogP contribution in [0.2, 0.25) is 5.02 Å². The van der Waals surface area contributed by atoms with Crippen LogP contribution in [0.15, 0.2) is 75.5 Å². The zero-order valence-corrected chi connectivity index (χ0v) is 23.2. The summed E-state index contributed by atoms with van der Waals surface area (Å²) in [6.45, 7) is 0. The SMILES string of the molecule is COc1ccc(C2C(C#N)=C(N)N(c3nnc(SCC(=O)Nc4cccc(Cl)c4)s3)C3=C2C(=O)CCC3)cc1. The molecule has 39 heavy (non-hydrogen) atoms. The highest BCUT2D eigenvalue weighted by Gasteiger charge is 2.41. The van der Waals surface area contributed by atoms with Gasteiger partial charge in [-0.15, -0.1) is 10.2 Å². The zero-order chi connectivity index (χ0) is 27.5. The number of thioether (sulfide) groups is 1. The number of nitriles is 1. The van der Waals surface area contributed by atoms with Crippen molar-refractivity contribution in [3.8, 4) is 11.8 Å². The van der Waals surface area contributed by atoms with Crippen molar-refractivity contribution in [2.75, 3.05) is 23.1 Å². The number of rotatable bonds is 7. The molecule has 2 aromatic carbocycles. The highest BCUT2D eigenvalue weighted by atomic mass is 35.5. The van der Waals surface area contributed by atoms with Crippen LogP contribution in [-0.2, 0) is 9.59 Å². The van der Waals surface area contributed by atoms with Gasteiger partial charge < -0.3 is 15.8 Å². The first kappa shape index (κ1) is 26.7. The molecule has 1 aliphatic carbocycles. The molecular formula is C27H23ClN6O3S2. The van der Waals surface area contributed by atoms with Gasteiger partial charge in [0.2, 0.25) is 11.0 Å². The minimum Gasteiger partial charge on any atom is -0.497 e. The topological polar surface area (TPSA) is 134 Å². The fourth-order valence-electron chi connectivity index (χ4n) is 4.68. The van der Waals surface area contributed by atoms with Crippen molar-refractivity contribution < 1.29 is 14.3 Å². The lowest BCUT2D eigenvalue weighted by Gasteiger charge is -2.38. The number of anilines is 2. The summed E-state index contributed by atoms with van der Waals surface area (Å²) in [4.78, 5) is 27.4. The molecule has 1 unspecified atom stereocenters. The van der Waals surface area contributed by atoms with E-state index in [0.717, 1.165) is 11.3 Å². The minimum atomic E-state index is -0.572. The summed E-state index contributed by atoms with van der Waals surface area (Å²) < 4.78 is 5.82. The van der Waals surface area contributed by atoms with Gasteiger partial charge in [-0.1, -0.05) is 52.9 Å². The smallest absolute Gasteiger partial charge is 0.234 e. The van der Waals surface area contributed by atoms with Crippen molar-refractivity contribution in [3.05, 3.63) is 81.8 Å². The van der Waals surface area contributed by atoms with E-state index in [-0.39, 0.29) is 28.8 Å². The van der Waals surface area contributed by atoms with Gasteiger partial charge in [0.25, 0.3) is 0 Å². The molecule has 0 spiro atoms. The van der Waals surface area contributed by atoms with Gasteiger partial charge in [-0.2, -0.15) is 5.26 Å². The van der Waals surface area contributed by atoms with Gasteiger partial charge in [-0.25, -0.2) is 0 Å². The second-order valence-corrected chi connectivity index (χ2v) is 11.4.